The van der Waals surface area contributed by atoms with Crippen LogP contribution in [0.2, 0.25) is 0 Å². The van der Waals surface area contributed by atoms with Crippen molar-refractivity contribution in [3.63, 3.8) is 0 Å². The maximum atomic E-state index is 5.60. The summed E-state index contributed by atoms with van der Waals surface area (Å²) in [6.45, 7) is 1.98. The first kappa shape index (κ1) is 9.26. The Hall–Kier alpha value is -0.830. The fourth-order valence-corrected chi connectivity index (χ4v) is 1.15. The van der Waals surface area contributed by atoms with E-state index in [1.54, 1.807) is 0 Å². The minimum atomic E-state index is 0.655. The Morgan fingerprint density at radius 1 is 1.50 bits per heavy atom. The Bertz CT molecular complexity index is 294. The van der Waals surface area contributed by atoms with Crippen LogP contribution in [0.5, 0.6) is 0 Å². The summed E-state index contributed by atoms with van der Waals surface area (Å²) in [5.74, 6) is 0.655. The van der Waals surface area contributed by atoms with Crippen LogP contribution in [-0.4, -0.2) is 5.84 Å². The molecule has 0 aliphatic heterocycles. The second kappa shape index (κ2) is 4.26. The van der Waals surface area contributed by atoms with Crippen molar-refractivity contribution in [1.82, 2.24) is 0 Å². The smallest absolute Gasteiger partial charge is 0.0994 e. The summed E-state index contributed by atoms with van der Waals surface area (Å²) in [5, 5.41) is 0. The normalized spacial score (nSPS) is 11.7. The maximum Gasteiger partial charge on any atom is 0.0994 e. The van der Waals surface area contributed by atoms with Crippen LogP contribution < -0.4 is 5.73 Å². The van der Waals surface area contributed by atoms with Crippen LogP contribution in [0.1, 0.15) is 13.3 Å². The van der Waals surface area contributed by atoms with Gasteiger partial charge in [0.05, 0.1) is 11.5 Å². The van der Waals surface area contributed by atoms with E-state index in [2.05, 4.69) is 20.9 Å². The highest BCUT2D eigenvalue weighted by Crippen LogP contribution is 2.24. The van der Waals surface area contributed by atoms with Gasteiger partial charge in [-0.2, -0.15) is 0 Å². The van der Waals surface area contributed by atoms with Gasteiger partial charge in [-0.15, -0.1) is 0 Å². The molecule has 0 bridgehead atoms. The fraction of sp³-hybridized carbons (Fsp3) is 0.222. The molecular weight excluding hydrogens is 216 g/mol. The zero-order valence-corrected chi connectivity index (χ0v) is 8.51. The number of hydrogen-bond acceptors (Lipinski definition) is 1. The maximum absolute atomic E-state index is 5.60. The highest BCUT2D eigenvalue weighted by Gasteiger charge is 1.95. The molecule has 1 aromatic rings. The molecule has 0 atom stereocenters. The van der Waals surface area contributed by atoms with E-state index in [0.717, 1.165) is 16.6 Å². The summed E-state index contributed by atoms with van der Waals surface area (Å²) in [6, 6.07) is 7.76. The van der Waals surface area contributed by atoms with E-state index in [-0.39, 0.29) is 0 Å². The van der Waals surface area contributed by atoms with Gasteiger partial charge in [-0.05, 0) is 28.1 Å². The third-order valence-electron chi connectivity index (χ3n) is 1.48. The van der Waals surface area contributed by atoms with Gasteiger partial charge in [-0.25, -0.2) is 4.99 Å². The Balaban J connectivity index is 2.96. The topological polar surface area (TPSA) is 38.4 Å². The van der Waals surface area contributed by atoms with Crippen LogP contribution in [0, 0.1) is 0 Å². The van der Waals surface area contributed by atoms with Crippen molar-refractivity contribution in [2.75, 3.05) is 0 Å². The van der Waals surface area contributed by atoms with E-state index in [9.17, 15) is 0 Å². The Morgan fingerprint density at radius 2 is 2.17 bits per heavy atom. The molecular formula is C9H11BrN2. The largest absolute Gasteiger partial charge is 0.387 e. The molecule has 0 amide bonds. The Kier molecular flexibility index (Phi) is 3.29. The number of para-hydroxylation sites is 1. The molecule has 1 aromatic carbocycles. The molecule has 0 spiro atoms. The predicted octanol–water partition coefficient (Wildman–Crippen LogP) is 2.85. The number of nitrogens with two attached hydrogens (primary N) is 1. The molecule has 0 aromatic heterocycles. The zero-order valence-electron chi connectivity index (χ0n) is 6.92. The molecule has 0 saturated carbocycles. The first-order valence-electron chi connectivity index (χ1n) is 3.81. The van der Waals surface area contributed by atoms with Gasteiger partial charge in [0.15, 0.2) is 0 Å². The molecule has 64 valence electrons. The van der Waals surface area contributed by atoms with Crippen molar-refractivity contribution in [1.29, 1.82) is 0 Å². The second-order valence-corrected chi connectivity index (χ2v) is 3.26. The standard InChI is InChI=1S/C9H11BrN2/c1-2-9(11)12-8-6-4-3-5-7(8)10/h3-6H,2H2,1H3,(H2,11,12). The number of aliphatic imine (C=N–C) groups is 1. The quantitative estimate of drug-likeness (QED) is 0.612. The van der Waals surface area contributed by atoms with Gasteiger partial charge in [0, 0.05) is 10.9 Å². The van der Waals surface area contributed by atoms with Crippen molar-refractivity contribution in [2.24, 2.45) is 10.7 Å². The van der Waals surface area contributed by atoms with Crippen LogP contribution in [0.15, 0.2) is 33.7 Å². The van der Waals surface area contributed by atoms with Crippen molar-refractivity contribution in [2.45, 2.75) is 13.3 Å². The lowest BCUT2D eigenvalue weighted by molar-refractivity contribution is 1.23. The minimum absolute atomic E-state index is 0.655. The number of hydrogen-bond donors (Lipinski definition) is 1. The van der Waals surface area contributed by atoms with E-state index >= 15 is 0 Å². The first-order valence-corrected chi connectivity index (χ1v) is 4.61. The molecule has 0 fully saturated rings. The summed E-state index contributed by atoms with van der Waals surface area (Å²) >= 11 is 3.39. The third-order valence-corrected chi connectivity index (χ3v) is 2.15. The second-order valence-electron chi connectivity index (χ2n) is 2.41. The molecule has 0 heterocycles. The number of rotatable bonds is 2. The SMILES string of the molecule is CCC(N)=Nc1ccccc1Br. The highest BCUT2D eigenvalue weighted by molar-refractivity contribution is 9.10. The van der Waals surface area contributed by atoms with E-state index in [4.69, 9.17) is 5.73 Å². The number of nitrogens with zero attached hydrogens (tertiary/aromatic N) is 1. The molecule has 1 rings (SSSR count). The lowest BCUT2D eigenvalue weighted by Crippen LogP contribution is -2.08. The fourth-order valence-electron chi connectivity index (χ4n) is 0.776. The molecule has 0 saturated heterocycles. The van der Waals surface area contributed by atoms with Gasteiger partial charge in [-0.3, -0.25) is 0 Å². The van der Waals surface area contributed by atoms with E-state index in [0.29, 0.717) is 5.84 Å². The van der Waals surface area contributed by atoms with E-state index in [1.165, 1.54) is 0 Å². The lowest BCUT2D eigenvalue weighted by Gasteiger charge is -1.98. The Labute approximate surface area is 80.6 Å². The van der Waals surface area contributed by atoms with Crippen molar-refractivity contribution >= 4 is 27.5 Å². The van der Waals surface area contributed by atoms with Gasteiger partial charge >= 0.3 is 0 Å². The first-order chi connectivity index (χ1) is 5.74. The lowest BCUT2D eigenvalue weighted by atomic mass is 10.3. The molecule has 2 nitrogen and oxygen atoms in total. The highest BCUT2D eigenvalue weighted by atomic mass is 79.9. The van der Waals surface area contributed by atoms with Crippen LogP contribution >= 0.6 is 15.9 Å². The average Bonchev–Trinajstić information content (AvgIpc) is 2.09. The zero-order chi connectivity index (χ0) is 8.97. The van der Waals surface area contributed by atoms with Gasteiger partial charge < -0.3 is 5.73 Å². The summed E-state index contributed by atoms with van der Waals surface area (Å²) in [7, 11) is 0. The molecule has 0 aliphatic carbocycles. The molecule has 0 unspecified atom stereocenters. The van der Waals surface area contributed by atoms with E-state index in [1.807, 2.05) is 31.2 Å². The summed E-state index contributed by atoms with van der Waals surface area (Å²) in [4.78, 5) is 4.22. The van der Waals surface area contributed by atoms with Gasteiger partial charge in [0.1, 0.15) is 0 Å². The third kappa shape index (κ3) is 2.34. The van der Waals surface area contributed by atoms with Crippen molar-refractivity contribution < 1.29 is 0 Å². The number of benzene rings is 1. The van der Waals surface area contributed by atoms with Gasteiger partial charge in [0.25, 0.3) is 0 Å². The number of halogens is 1. The van der Waals surface area contributed by atoms with Crippen LogP contribution in [0.25, 0.3) is 0 Å². The molecule has 0 aliphatic rings. The monoisotopic (exact) mass is 226 g/mol. The minimum Gasteiger partial charge on any atom is -0.387 e. The van der Waals surface area contributed by atoms with Crippen LogP contribution in [0.4, 0.5) is 5.69 Å². The average molecular weight is 227 g/mol. The summed E-state index contributed by atoms with van der Waals surface area (Å²) in [6.07, 6.45) is 0.779. The molecule has 12 heavy (non-hydrogen) atoms. The van der Waals surface area contributed by atoms with Crippen molar-refractivity contribution in [3.8, 4) is 0 Å². The molecule has 3 heteroatoms. The van der Waals surface area contributed by atoms with Gasteiger partial charge in [0.2, 0.25) is 0 Å². The molecule has 0 radical (unpaired) electrons. The van der Waals surface area contributed by atoms with Crippen LogP contribution in [0.3, 0.4) is 0 Å². The summed E-state index contributed by atoms with van der Waals surface area (Å²) < 4.78 is 0.974. The summed E-state index contributed by atoms with van der Waals surface area (Å²) in [5.41, 5.74) is 6.49. The Morgan fingerprint density at radius 3 is 2.75 bits per heavy atom. The number of amidine groups is 1. The van der Waals surface area contributed by atoms with Gasteiger partial charge in [-0.1, -0.05) is 19.1 Å². The molecule has 2 N–H and O–H groups in total. The van der Waals surface area contributed by atoms with E-state index < -0.39 is 0 Å². The predicted molar refractivity (Wildman–Crippen MR) is 55.7 cm³/mol. The van der Waals surface area contributed by atoms with Crippen molar-refractivity contribution in [3.05, 3.63) is 28.7 Å². The van der Waals surface area contributed by atoms with Crippen LogP contribution in [-0.2, 0) is 0 Å².